The van der Waals surface area contributed by atoms with Crippen LogP contribution >= 0.6 is 11.3 Å². The van der Waals surface area contributed by atoms with Gasteiger partial charge < -0.3 is 9.72 Å². The zero-order chi connectivity index (χ0) is 11.8. The fourth-order valence-electron chi connectivity index (χ4n) is 1.70. The van der Waals surface area contributed by atoms with Gasteiger partial charge in [0, 0.05) is 17.6 Å². The van der Waals surface area contributed by atoms with E-state index < -0.39 is 0 Å². The second kappa shape index (κ2) is 3.85. The Morgan fingerprint density at radius 1 is 1.41 bits per heavy atom. The topological polar surface area (TPSA) is 50.8 Å². The molecule has 0 aliphatic rings. The summed E-state index contributed by atoms with van der Waals surface area (Å²) >= 11 is 1.60. The summed E-state index contributed by atoms with van der Waals surface area (Å²) in [4.78, 5) is 13.1. The van der Waals surface area contributed by atoms with Crippen molar-refractivity contribution in [3.05, 3.63) is 29.3 Å². The Bertz CT molecular complexity index is 671. The minimum atomic E-state index is 0.757. The van der Waals surface area contributed by atoms with Crippen molar-refractivity contribution in [1.82, 2.24) is 15.0 Å². The lowest BCUT2D eigenvalue weighted by Crippen LogP contribution is -1.78. The van der Waals surface area contributed by atoms with Crippen LogP contribution in [0.3, 0.4) is 0 Å². The maximum atomic E-state index is 5.17. The number of methoxy groups -OCH3 is 1. The summed E-state index contributed by atoms with van der Waals surface area (Å²) in [7, 11) is 1.66. The van der Waals surface area contributed by atoms with Crippen LogP contribution in [0, 0.1) is 6.92 Å². The average Bonchev–Trinajstić information content (AvgIpc) is 2.95. The Morgan fingerprint density at radius 3 is 3.00 bits per heavy atom. The van der Waals surface area contributed by atoms with Gasteiger partial charge in [0.05, 0.1) is 17.5 Å². The molecule has 0 saturated heterocycles. The Balaban J connectivity index is 2.14. The van der Waals surface area contributed by atoms with E-state index in [0.717, 1.165) is 33.2 Å². The molecule has 0 amide bonds. The molecule has 0 spiro atoms. The number of aromatic nitrogens is 3. The van der Waals surface area contributed by atoms with E-state index >= 15 is 0 Å². The molecule has 5 heteroatoms. The summed E-state index contributed by atoms with van der Waals surface area (Å²) in [5.41, 5.74) is 2.90. The van der Waals surface area contributed by atoms with Crippen molar-refractivity contribution in [2.75, 3.05) is 7.11 Å². The van der Waals surface area contributed by atoms with Crippen LogP contribution in [0.25, 0.3) is 21.9 Å². The first-order valence-corrected chi connectivity index (χ1v) is 6.10. The van der Waals surface area contributed by atoms with E-state index in [9.17, 15) is 0 Å². The second-order valence-corrected chi connectivity index (χ2v) is 4.67. The van der Waals surface area contributed by atoms with Gasteiger partial charge in [-0.25, -0.2) is 9.97 Å². The van der Waals surface area contributed by atoms with Crippen LogP contribution < -0.4 is 4.74 Å². The van der Waals surface area contributed by atoms with Gasteiger partial charge in [0.1, 0.15) is 5.75 Å². The van der Waals surface area contributed by atoms with E-state index in [1.54, 1.807) is 24.6 Å². The number of nitrogens with one attached hydrogen (secondary N) is 1. The van der Waals surface area contributed by atoms with Gasteiger partial charge in [0.2, 0.25) is 0 Å². The molecule has 86 valence electrons. The zero-order valence-corrected chi connectivity index (χ0v) is 10.3. The van der Waals surface area contributed by atoms with Gasteiger partial charge in [-0.05, 0) is 18.6 Å². The molecule has 3 heterocycles. The highest BCUT2D eigenvalue weighted by atomic mass is 32.1. The van der Waals surface area contributed by atoms with E-state index in [1.165, 1.54) is 0 Å². The maximum Gasteiger partial charge on any atom is 0.178 e. The number of rotatable bonds is 2. The highest BCUT2D eigenvalue weighted by molar-refractivity contribution is 7.13. The summed E-state index contributed by atoms with van der Waals surface area (Å²) in [6, 6.07) is 3.94. The smallest absolute Gasteiger partial charge is 0.178 e. The summed E-state index contributed by atoms with van der Waals surface area (Å²) in [6.45, 7) is 2.04. The van der Waals surface area contributed by atoms with Crippen LogP contribution in [0.1, 0.15) is 5.56 Å². The highest BCUT2D eigenvalue weighted by Crippen LogP contribution is 2.30. The fourth-order valence-corrected chi connectivity index (χ4v) is 2.50. The van der Waals surface area contributed by atoms with Gasteiger partial charge in [-0.1, -0.05) is 0 Å². The molecule has 1 N–H and O–H groups in total. The lowest BCUT2D eigenvalue weighted by molar-refractivity contribution is 0.417. The quantitative estimate of drug-likeness (QED) is 0.755. The van der Waals surface area contributed by atoms with Gasteiger partial charge >= 0.3 is 0 Å². The summed E-state index contributed by atoms with van der Waals surface area (Å²) in [5, 5.41) is 1.96. The number of aromatic amines is 1. The summed E-state index contributed by atoms with van der Waals surface area (Å²) in [6.07, 6.45) is 1.78. The van der Waals surface area contributed by atoms with Crippen LogP contribution in [0.4, 0.5) is 0 Å². The number of hydrogen-bond acceptors (Lipinski definition) is 4. The number of aryl methyl sites for hydroxylation is 1. The number of thiophene rings is 1. The van der Waals surface area contributed by atoms with Gasteiger partial charge in [-0.15, -0.1) is 11.3 Å². The van der Waals surface area contributed by atoms with Gasteiger partial charge in [-0.3, -0.25) is 0 Å². The highest BCUT2D eigenvalue weighted by Gasteiger charge is 2.10. The van der Waals surface area contributed by atoms with Crippen LogP contribution in [-0.4, -0.2) is 22.1 Å². The van der Waals surface area contributed by atoms with Crippen LogP contribution in [-0.2, 0) is 0 Å². The Kier molecular flexibility index (Phi) is 2.33. The molecule has 3 aromatic rings. The van der Waals surface area contributed by atoms with E-state index in [-0.39, 0.29) is 0 Å². The Hall–Kier alpha value is -1.88. The van der Waals surface area contributed by atoms with Crippen LogP contribution in [0.2, 0.25) is 0 Å². The monoisotopic (exact) mass is 245 g/mol. The minimum Gasteiger partial charge on any atom is -0.496 e. The predicted octanol–water partition coefficient (Wildman–Crippen LogP) is 3.00. The lowest BCUT2D eigenvalue weighted by atomic mass is 10.3. The molecule has 3 rings (SSSR count). The molecular weight excluding hydrogens is 234 g/mol. The predicted molar refractivity (Wildman–Crippen MR) is 68.5 cm³/mol. The van der Waals surface area contributed by atoms with Crippen molar-refractivity contribution >= 4 is 22.5 Å². The third-order valence-corrected chi connectivity index (χ3v) is 3.56. The number of fused-ring (bicyclic) bond motifs is 1. The summed E-state index contributed by atoms with van der Waals surface area (Å²) in [5.74, 6) is 1.70. The Morgan fingerprint density at radius 2 is 2.29 bits per heavy atom. The van der Waals surface area contributed by atoms with Gasteiger partial charge in [-0.2, -0.15) is 0 Å². The standard InChI is InChI=1S/C12H11N3OS/c1-7-3-4-13-12-10(7)14-11(15-12)9-5-8(16-2)6-17-9/h3-6H,1-2H3,(H,13,14,15). The van der Waals surface area contributed by atoms with Crippen LogP contribution in [0.15, 0.2) is 23.7 Å². The fraction of sp³-hybridized carbons (Fsp3) is 0.167. The van der Waals surface area contributed by atoms with Crippen molar-refractivity contribution in [3.63, 3.8) is 0 Å². The van der Waals surface area contributed by atoms with E-state index in [1.807, 2.05) is 24.4 Å². The van der Waals surface area contributed by atoms with Crippen molar-refractivity contribution < 1.29 is 4.74 Å². The van der Waals surface area contributed by atoms with Crippen molar-refractivity contribution in [3.8, 4) is 16.5 Å². The molecule has 17 heavy (non-hydrogen) atoms. The van der Waals surface area contributed by atoms with Crippen LogP contribution in [0.5, 0.6) is 5.75 Å². The Labute approximate surface area is 102 Å². The second-order valence-electron chi connectivity index (χ2n) is 3.76. The normalized spacial score (nSPS) is 10.9. The molecular formula is C12H11N3OS. The number of nitrogens with zero attached hydrogens (tertiary/aromatic N) is 2. The molecule has 3 aromatic heterocycles. The van der Waals surface area contributed by atoms with Crippen molar-refractivity contribution in [2.45, 2.75) is 6.92 Å². The van der Waals surface area contributed by atoms with Crippen molar-refractivity contribution in [2.24, 2.45) is 0 Å². The molecule has 0 bridgehead atoms. The molecule has 0 aromatic carbocycles. The maximum absolute atomic E-state index is 5.17. The third-order valence-electron chi connectivity index (χ3n) is 2.64. The lowest BCUT2D eigenvalue weighted by Gasteiger charge is -1.91. The molecule has 0 saturated carbocycles. The molecule has 0 fully saturated rings. The molecule has 0 atom stereocenters. The van der Waals surface area contributed by atoms with Gasteiger partial charge in [0.25, 0.3) is 0 Å². The molecule has 0 aliphatic carbocycles. The minimum absolute atomic E-state index is 0.757. The molecule has 0 aliphatic heterocycles. The SMILES string of the molecule is COc1csc(-c2nc3nccc(C)c3[nH]2)c1. The third kappa shape index (κ3) is 1.68. The molecule has 0 radical (unpaired) electrons. The van der Waals surface area contributed by atoms with E-state index in [4.69, 9.17) is 4.74 Å². The zero-order valence-electron chi connectivity index (χ0n) is 9.52. The molecule has 4 nitrogen and oxygen atoms in total. The molecule has 0 unspecified atom stereocenters. The average molecular weight is 245 g/mol. The largest absolute Gasteiger partial charge is 0.496 e. The van der Waals surface area contributed by atoms with Gasteiger partial charge in [0.15, 0.2) is 11.5 Å². The van der Waals surface area contributed by atoms with E-state index in [2.05, 4.69) is 15.0 Å². The summed E-state index contributed by atoms with van der Waals surface area (Å²) < 4.78 is 5.17. The van der Waals surface area contributed by atoms with E-state index in [0.29, 0.717) is 0 Å². The van der Waals surface area contributed by atoms with Crippen molar-refractivity contribution in [1.29, 1.82) is 0 Å². The number of H-pyrrole nitrogens is 1. The first-order valence-electron chi connectivity index (χ1n) is 5.22. The first kappa shape index (κ1) is 10.3. The number of hydrogen-bond donors (Lipinski definition) is 1. The first-order chi connectivity index (χ1) is 8.28. The number of pyridine rings is 1. The number of ether oxygens (including phenoxy) is 1. The number of imidazole rings is 1.